The van der Waals surface area contributed by atoms with Gasteiger partial charge in [0.05, 0.1) is 19.4 Å². The second-order valence-corrected chi connectivity index (χ2v) is 7.02. The first kappa shape index (κ1) is 19.2. The van der Waals surface area contributed by atoms with Gasteiger partial charge < -0.3 is 25.1 Å². The Hall–Kier alpha value is -2.54. The first-order valence-corrected chi connectivity index (χ1v) is 9.57. The van der Waals surface area contributed by atoms with E-state index in [1.54, 1.807) is 25.3 Å². The Kier molecular flexibility index (Phi) is 6.34. The van der Waals surface area contributed by atoms with Crippen molar-refractivity contribution in [2.24, 2.45) is 4.99 Å². The molecule has 1 saturated heterocycles. The summed E-state index contributed by atoms with van der Waals surface area (Å²) >= 11 is 0. The summed E-state index contributed by atoms with van der Waals surface area (Å²) < 4.78 is 5.31. The minimum atomic E-state index is -1.11. The van der Waals surface area contributed by atoms with Crippen LogP contribution in [0.25, 0.3) is 0 Å². The summed E-state index contributed by atoms with van der Waals surface area (Å²) in [5.41, 5.74) is -0.0635. The lowest BCUT2D eigenvalue weighted by molar-refractivity contribution is 0.0386. The van der Waals surface area contributed by atoms with Gasteiger partial charge in [-0.1, -0.05) is 6.07 Å². The number of anilines is 1. The molecule has 2 aromatic rings. The Morgan fingerprint density at radius 2 is 2.11 bits per heavy atom. The van der Waals surface area contributed by atoms with Gasteiger partial charge in [0.15, 0.2) is 5.96 Å². The fourth-order valence-corrected chi connectivity index (χ4v) is 3.08. The SMILES string of the molecule is CCNC(=NCc1ccc(N2CCCC2)nc1)NCC(C)(O)c1ccco1. The molecule has 27 heavy (non-hydrogen) atoms. The van der Waals surface area contributed by atoms with Crippen molar-refractivity contribution >= 4 is 11.8 Å². The third kappa shape index (κ3) is 5.23. The molecule has 1 atom stereocenters. The number of hydrogen-bond acceptors (Lipinski definition) is 5. The lowest BCUT2D eigenvalue weighted by Gasteiger charge is -2.22. The standard InChI is InChI=1S/C20H29N5O2/c1-3-21-19(24-15-20(2,26)17-7-6-12-27-17)23-14-16-8-9-18(22-13-16)25-10-4-5-11-25/h6-9,12-13,26H,3-5,10-11,14-15H2,1-2H3,(H2,21,23,24). The van der Waals surface area contributed by atoms with Gasteiger partial charge in [0.2, 0.25) is 0 Å². The number of hydrogen-bond donors (Lipinski definition) is 3. The number of nitrogens with one attached hydrogen (secondary N) is 2. The number of aliphatic imine (C=N–C) groups is 1. The Morgan fingerprint density at radius 1 is 1.30 bits per heavy atom. The van der Waals surface area contributed by atoms with Crippen molar-refractivity contribution in [2.45, 2.75) is 38.8 Å². The molecule has 7 nitrogen and oxygen atoms in total. The number of pyridine rings is 1. The van der Waals surface area contributed by atoms with E-state index in [0.29, 0.717) is 24.8 Å². The van der Waals surface area contributed by atoms with Gasteiger partial charge in [-0.2, -0.15) is 0 Å². The Morgan fingerprint density at radius 3 is 2.74 bits per heavy atom. The Labute approximate surface area is 160 Å². The summed E-state index contributed by atoms with van der Waals surface area (Å²) in [6.45, 7) is 7.45. The molecule has 3 N–H and O–H groups in total. The Bertz CT molecular complexity index is 719. The zero-order valence-electron chi connectivity index (χ0n) is 16.1. The van der Waals surface area contributed by atoms with Crippen LogP contribution in [0.5, 0.6) is 0 Å². The maximum Gasteiger partial charge on any atom is 0.191 e. The molecule has 146 valence electrons. The van der Waals surface area contributed by atoms with E-state index in [0.717, 1.165) is 31.0 Å². The second-order valence-electron chi connectivity index (χ2n) is 7.02. The van der Waals surface area contributed by atoms with Gasteiger partial charge >= 0.3 is 0 Å². The lowest BCUT2D eigenvalue weighted by atomic mass is 10.0. The van der Waals surface area contributed by atoms with E-state index in [9.17, 15) is 5.11 Å². The fraction of sp³-hybridized carbons (Fsp3) is 0.500. The average Bonchev–Trinajstić information content (AvgIpc) is 3.39. The van der Waals surface area contributed by atoms with Crippen molar-refractivity contribution < 1.29 is 9.52 Å². The van der Waals surface area contributed by atoms with Crippen LogP contribution in [0.3, 0.4) is 0 Å². The highest BCUT2D eigenvalue weighted by molar-refractivity contribution is 5.79. The van der Waals surface area contributed by atoms with E-state index in [1.807, 2.05) is 13.1 Å². The van der Waals surface area contributed by atoms with E-state index in [4.69, 9.17) is 4.42 Å². The van der Waals surface area contributed by atoms with Crippen molar-refractivity contribution in [3.8, 4) is 0 Å². The molecule has 1 fully saturated rings. The summed E-state index contributed by atoms with van der Waals surface area (Å²) in [7, 11) is 0. The monoisotopic (exact) mass is 371 g/mol. The molecule has 0 amide bonds. The van der Waals surface area contributed by atoms with Crippen LogP contribution >= 0.6 is 0 Å². The number of aromatic nitrogens is 1. The van der Waals surface area contributed by atoms with E-state index >= 15 is 0 Å². The highest BCUT2D eigenvalue weighted by atomic mass is 16.4. The number of guanidine groups is 1. The van der Waals surface area contributed by atoms with Gasteiger partial charge in [-0.3, -0.25) is 0 Å². The molecule has 0 spiro atoms. The third-order valence-electron chi connectivity index (χ3n) is 4.66. The summed E-state index contributed by atoms with van der Waals surface area (Å²) in [5, 5.41) is 16.9. The summed E-state index contributed by atoms with van der Waals surface area (Å²) in [5.74, 6) is 2.21. The highest BCUT2D eigenvalue weighted by Gasteiger charge is 2.26. The quantitative estimate of drug-likeness (QED) is 0.511. The van der Waals surface area contributed by atoms with Crippen LogP contribution in [0.15, 0.2) is 46.1 Å². The first-order chi connectivity index (χ1) is 13.1. The molecule has 1 aliphatic rings. The molecule has 0 bridgehead atoms. The van der Waals surface area contributed by atoms with Crippen LogP contribution in [-0.2, 0) is 12.1 Å². The molecule has 2 aromatic heterocycles. The highest BCUT2D eigenvalue weighted by Crippen LogP contribution is 2.20. The largest absolute Gasteiger partial charge is 0.466 e. The molecule has 0 radical (unpaired) electrons. The number of rotatable bonds is 7. The summed E-state index contributed by atoms with van der Waals surface area (Å²) in [6, 6.07) is 7.67. The van der Waals surface area contributed by atoms with Gasteiger partial charge in [-0.05, 0) is 50.5 Å². The molecule has 7 heteroatoms. The Balaban J connectivity index is 1.58. The van der Waals surface area contributed by atoms with E-state index in [2.05, 4.69) is 37.6 Å². The lowest BCUT2D eigenvalue weighted by Crippen LogP contribution is -2.44. The normalized spacial score (nSPS) is 17.0. The first-order valence-electron chi connectivity index (χ1n) is 9.57. The van der Waals surface area contributed by atoms with Crippen LogP contribution in [-0.4, -0.2) is 42.2 Å². The van der Waals surface area contributed by atoms with E-state index < -0.39 is 5.60 Å². The van der Waals surface area contributed by atoms with Crippen LogP contribution in [0.1, 0.15) is 38.0 Å². The average molecular weight is 371 g/mol. The third-order valence-corrected chi connectivity index (χ3v) is 4.66. The maximum atomic E-state index is 10.6. The molecule has 3 rings (SSSR count). The maximum absolute atomic E-state index is 10.6. The minimum Gasteiger partial charge on any atom is -0.466 e. The van der Waals surface area contributed by atoms with Crippen LogP contribution in [0.2, 0.25) is 0 Å². The van der Waals surface area contributed by atoms with Gasteiger partial charge in [0.1, 0.15) is 17.2 Å². The van der Waals surface area contributed by atoms with Gasteiger partial charge in [0.25, 0.3) is 0 Å². The zero-order chi connectivity index (χ0) is 19.1. The van der Waals surface area contributed by atoms with E-state index in [1.165, 1.54) is 12.8 Å². The summed E-state index contributed by atoms with van der Waals surface area (Å²) in [6.07, 6.45) is 5.93. The number of nitrogens with zero attached hydrogens (tertiary/aromatic N) is 3. The number of aliphatic hydroxyl groups is 1. The second kappa shape index (κ2) is 8.90. The van der Waals surface area contributed by atoms with E-state index in [-0.39, 0.29) is 0 Å². The molecule has 0 saturated carbocycles. The van der Waals surface area contributed by atoms with Crippen molar-refractivity contribution in [3.05, 3.63) is 48.0 Å². The van der Waals surface area contributed by atoms with Gasteiger partial charge in [0, 0.05) is 25.8 Å². The molecule has 3 heterocycles. The van der Waals surface area contributed by atoms with Crippen molar-refractivity contribution in [2.75, 3.05) is 31.1 Å². The molecule has 1 aliphatic heterocycles. The van der Waals surface area contributed by atoms with Crippen LogP contribution in [0, 0.1) is 0 Å². The topological polar surface area (TPSA) is 85.9 Å². The predicted molar refractivity (Wildman–Crippen MR) is 107 cm³/mol. The van der Waals surface area contributed by atoms with Crippen molar-refractivity contribution in [1.82, 2.24) is 15.6 Å². The smallest absolute Gasteiger partial charge is 0.191 e. The van der Waals surface area contributed by atoms with Crippen LogP contribution < -0.4 is 15.5 Å². The fourth-order valence-electron chi connectivity index (χ4n) is 3.08. The predicted octanol–water partition coefficient (Wildman–Crippen LogP) is 2.24. The molecule has 0 aliphatic carbocycles. The van der Waals surface area contributed by atoms with Crippen molar-refractivity contribution in [1.29, 1.82) is 0 Å². The molecule has 1 unspecified atom stereocenters. The minimum absolute atomic E-state index is 0.290. The van der Waals surface area contributed by atoms with Crippen LogP contribution in [0.4, 0.5) is 5.82 Å². The molecule has 0 aromatic carbocycles. The molecular weight excluding hydrogens is 342 g/mol. The van der Waals surface area contributed by atoms with Gasteiger partial charge in [-0.25, -0.2) is 9.98 Å². The van der Waals surface area contributed by atoms with Gasteiger partial charge in [-0.15, -0.1) is 0 Å². The summed E-state index contributed by atoms with van der Waals surface area (Å²) in [4.78, 5) is 11.5. The zero-order valence-corrected chi connectivity index (χ0v) is 16.1. The number of furan rings is 1. The van der Waals surface area contributed by atoms with Crippen molar-refractivity contribution in [3.63, 3.8) is 0 Å². The molecular formula is C20H29N5O2.